The molecule has 2 aromatic carbocycles. The molecule has 6 nitrogen and oxygen atoms in total. The number of ether oxygens (including phenoxy) is 1. The van der Waals surface area contributed by atoms with E-state index in [0.717, 1.165) is 43.3 Å². The number of halogens is 3. The lowest BCUT2D eigenvalue weighted by atomic mass is 9.92. The number of aliphatic hydroxyl groups is 1. The number of hydrazine groups is 1. The van der Waals surface area contributed by atoms with E-state index in [9.17, 15) is 14.3 Å². The second-order valence-corrected chi connectivity index (χ2v) is 9.37. The third-order valence-corrected chi connectivity index (χ3v) is 6.54. The highest BCUT2D eigenvalue weighted by molar-refractivity contribution is 7.59. The van der Waals surface area contributed by atoms with E-state index < -0.39 is 11.9 Å². The predicted molar refractivity (Wildman–Crippen MR) is 141 cm³/mol. The summed E-state index contributed by atoms with van der Waals surface area (Å²) in [4.78, 5) is 17.1. The molecule has 0 aliphatic carbocycles. The third-order valence-electron chi connectivity index (χ3n) is 6.00. The zero-order chi connectivity index (χ0) is 24.1. The number of aliphatic hydroxyl groups excluding tert-OH is 1. The number of aromatic nitrogens is 1. The molecule has 188 valence electrons. The molecule has 10 heteroatoms. The molecule has 1 aliphatic heterocycles. The van der Waals surface area contributed by atoms with Crippen LogP contribution in [0, 0.1) is 11.7 Å². The van der Waals surface area contributed by atoms with Gasteiger partial charge in [-0.1, -0.05) is 29.3 Å². The zero-order valence-electron chi connectivity index (χ0n) is 19.0. The minimum atomic E-state index is -0.634. The molecule has 1 amide bonds. The normalized spacial score (nSPS) is 15.4. The molecule has 0 bridgehead atoms. The maximum absolute atomic E-state index is 13.5. The van der Waals surface area contributed by atoms with Crippen LogP contribution in [0.5, 0.6) is 5.75 Å². The lowest BCUT2D eigenvalue weighted by molar-refractivity contribution is 0.0643. The third kappa shape index (κ3) is 7.69. The van der Waals surface area contributed by atoms with E-state index in [2.05, 4.69) is 10.4 Å². The molecular formula is C25H28Cl2FN3O3S. The molecule has 3 aromatic rings. The fraction of sp³-hybridized carbons (Fsp3) is 0.360. The average molecular weight is 540 g/mol. The van der Waals surface area contributed by atoms with E-state index >= 15 is 0 Å². The van der Waals surface area contributed by atoms with Gasteiger partial charge in [0.05, 0.1) is 16.6 Å². The quantitative estimate of drug-likeness (QED) is 0.402. The topological polar surface area (TPSA) is 74.7 Å². The number of hydrogen-bond donors (Lipinski definition) is 2. The van der Waals surface area contributed by atoms with Crippen molar-refractivity contribution < 1.29 is 19.0 Å². The Morgan fingerprint density at radius 3 is 2.69 bits per heavy atom. The summed E-state index contributed by atoms with van der Waals surface area (Å²) in [6.45, 7) is 1.56. The van der Waals surface area contributed by atoms with Crippen LogP contribution in [0.15, 0.2) is 48.5 Å². The zero-order valence-corrected chi connectivity index (χ0v) is 21.5. The number of carbonyl (C=O) groups is 1. The summed E-state index contributed by atoms with van der Waals surface area (Å²) in [6, 6.07) is 13.1. The lowest BCUT2D eigenvalue weighted by Crippen LogP contribution is -2.46. The number of pyridine rings is 1. The van der Waals surface area contributed by atoms with Crippen molar-refractivity contribution in [1.82, 2.24) is 15.4 Å². The second kappa shape index (κ2) is 12.7. The molecule has 1 atom stereocenters. The Bertz CT molecular complexity index is 1160. The van der Waals surface area contributed by atoms with E-state index in [-0.39, 0.29) is 31.0 Å². The maximum atomic E-state index is 13.5. The summed E-state index contributed by atoms with van der Waals surface area (Å²) in [5.74, 6) is 0.0179. The van der Waals surface area contributed by atoms with Crippen LogP contribution in [0.4, 0.5) is 4.39 Å². The molecule has 1 aromatic heterocycles. The van der Waals surface area contributed by atoms with Crippen molar-refractivity contribution in [3.05, 3.63) is 70.1 Å². The molecular weight excluding hydrogens is 512 g/mol. The van der Waals surface area contributed by atoms with Crippen LogP contribution in [0.25, 0.3) is 10.9 Å². The molecule has 1 saturated heterocycles. The first-order valence-electron chi connectivity index (χ1n) is 11.3. The first-order chi connectivity index (χ1) is 16.4. The van der Waals surface area contributed by atoms with Crippen molar-refractivity contribution >= 4 is 53.5 Å². The van der Waals surface area contributed by atoms with Crippen LogP contribution in [0.3, 0.4) is 0 Å². The lowest BCUT2D eigenvalue weighted by Gasteiger charge is -2.32. The molecule has 0 unspecified atom stereocenters. The van der Waals surface area contributed by atoms with Crippen LogP contribution in [-0.2, 0) is 0 Å². The minimum Gasteiger partial charge on any atom is -0.491 e. The van der Waals surface area contributed by atoms with Gasteiger partial charge in [-0.05, 0) is 68.0 Å². The number of fused-ring (bicyclic) bond motifs is 1. The van der Waals surface area contributed by atoms with Crippen LogP contribution < -0.4 is 10.2 Å². The monoisotopic (exact) mass is 539 g/mol. The van der Waals surface area contributed by atoms with E-state index in [1.165, 1.54) is 12.1 Å². The number of nitrogens with one attached hydrogen (secondary N) is 1. The Hall–Kier alpha value is -2.10. The van der Waals surface area contributed by atoms with Gasteiger partial charge in [-0.25, -0.2) is 14.4 Å². The fourth-order valence-electron chi connectivity index (χ4n) is 4.03. The van der Waals surface area contributed by atoms with Gasteiger partial charge in [0.15, 0.2) is 0 Å². The van der Waals surface area contributed by atoms with Crippen molar-refractivity contribution in [2.75, 3.05) is 19.7 Å². The molecule has 0 spiro atoms. The standard InChI is InChI=1S/C25H26Cl2FN3O3.H2S/c26-18-3-8-23-17(13-18)2-7-24(29-23)25(33)30-31-11-9-16(10-12-31)1-4-19(32)15-34-20-5-6-21(27)22(28)14-20;/h2-3,5-8,13-14,16,19,32H,1,4,9-12,15H2,(H,30,33);1H2/t19-;/m0./s1. The number of rotatable bonds is 8. The summed E-state index contributed by atoms with van der Waals surface area (Å²) in [6.07, 6.45) is 2.65. The first kappa shape index (κ1) is 27.5. The summed E-state index contributed by atoms with van der Waals surface area (Å²) < 4.78 is 18.9. The van der Waals surface area contributed by atoms with Gasteiger partial charge < -0.3 is 9.84 Å². The minimum absolute atomic E-state index is 0. The van der Waals surface area contributed by atoms with Crippen molar-refractivity contribution in [2.24, 2.45) is 5.92 Å². The molecule has 0 radical (unpaired) electrons. The van der Waals surface area contributed by atoms with Gasteiger partial charge >= 0.3 is 0 Å². The Morgan fingerprint density at radius 2 is 1.94 bits per heavy atom. The van der Waals surface area contributed by atoms with E-state index in [1.54, 1.807) is 24.3 Å². The van der Waals surface area contributed by atoms with Gasteiger partial charge in [0, 0.05) is 29.6 Å². The van der Waals surface area contributed by atoms with E-state index in [0.29, 0.717) is 28.8 Å². The highest BCUT2D eigenvalue weighted by atomic mass is 35.5. The number of carbonyl (C=O) groups excluding carboxylic acids is 1. The van der Waals surface area contributed by atoms with Crippen molar-refractivity contribution in [3.63, 3.8) is 0 Å². The Morgan fingerprint density at radius 1 is 1.17 bits per heavy atom. The average Bonchev–Trinajstić information content (AvgIpc) is 2.84. The van der Waals surface area contributed by atoms with Crippen LogP contribution in [0.1, 0.15) is 36.2 Å². The highest BCUT2D eigenvalue weighted by Crippen LogP contribution is 2.24. The molecule has 0 saturated carbocycles. The predicted octanol–water partition coefficient (Wildman–Crippen LogP) is 5.37. The second-order valence-electron chi connectivity index (χ2n) is 8.52. The first-order valence-corrected chi connectivity index (χ1v) is 12.0. The van der Waals surface area contributed by atoms with Crippen LogP contribution in [-0.4, -0.2) is 46.8 Å². The Balaban J connectivity index is 0.00000342. The summed E-state index contributed by atoms with van der Waals surface area (Å²) in [5.41, 5.74) is 4.02. The summed E-state index contributed by atoms with van der Waals surface area (Å²) in [7, 11) is 0. The van der Waals surface area contributed by atoms with Gasteiger partial charge in [0.25, 0.3) is 5.91 Å². The summed E-state index contributed by atoms with van der Waals surface area (Å²) in [5, 5.41) is 13.7. The van der Waals surface area contributed by atoms with Gasteiger partial charge in [-0.15, -0.1) is 0 Å². The Labute approximate surface area is 220 Å². The van der Waals surface area contributed by atoms with Crippen molar-refractivity contribution in [3.8, 4) is 5.75 Å². The van der Waals surface area contributed by atoms with Crippen molar-refractivity contribution in [1.29, 1.82) is 0 Å². The van der Waals surface area contributed by atoms with E-state index in [1.807, 2.05) is 17.1 Å². The molecule has 2 N–H and O–H groups in total. The smallest absolute Gasteiger partial charge is 0.284 e. The number of amides is 1. The fourth-order valence-corrected chi connectivity index (χ4v) is 4.33. The van der Waals surface area contributed by atoms with Gasteiger partial charge in [0.1, 0.15) is 23.9 Å². The highest BCUT2D eigenvalue weighted by Gasteiger charge is 2.22. The largest absolute Gasteiger partial charge is 0.491 e. The molecule has 35 heavy (non-hydrogen) atoms. The number of nitrogens with zero attached hydrogens (tertiary/aromatic N) is 2. The number of hydrogen-bond acceptors (Lipinski definition) is 5. The summed E-state index contributed by atoms with van der Waals surface area (Å²) >= 11 is 11.7. The van der Waals surface area contributed by atoms with E-state index in [4.69, 9.17) is 27.9 Å². The van der Waals surface area contributed by atoms with Gasteiger partial charge in [-0.2, -0.15) is 13.5 Å². The SMILES string of the molecule is O=C(NN1CCC(CC[C@H](O)COc2ccc(Cl)c(F)c2)CC1)c1ccc2cc(Cl)ccc2n1.S. The molecule has 4 rings (SSSR count). The van der Waals surface area contributed by atoms with Gasteiger partial charge in [-0.3, -0.25) is 10.2 Å². The molecule has 1 aliphatic rings. The van der Waals surface area contributed by atoms with Crippen molar-refractivity contribution in [2.45, 2.75) is 31.8 Å². The van der Waals surface area contributed by atoms with Gasteiger partial charge in [0.2, 0.25) is 0 Å². The number of piperidine rings is 1. The van der Waals surface area contributed by atoms with Crippen LogP contribution in [0.2, 0.25) is 10.0 Å². The van der Waals surface area contributed by atoms with Crippen LogP contribution >= 0.6 is 36.7 Å². The molecule has 1 fully saturated rings. The Kier molecular flexibility index (Phi) is 10.0. The maximum Gasteiger partial charge on any atom is 0.284 e. The number of benzene rings is 2. The molecule has 2 heterocycles.